The van der Waals surface area contributed by atoms with Gasteiger partial charge in [-0.3, -0.25) is 4.79 Å². The minimum absolute atomic E-state index is 0.326. The maximum atomic E-state index is 10.8. The highest BCUT2D eigenvalue weighted by molar-refractivity contribution is 7.82. The summed E-state index contributed by atoms with van der Waals surface area (Å²) in [5.41, 5.74) is 7.20. The lowest BCUT2D eigenvalue weighted by Gasteiger charge is -2.15. The second kappa shape index (κ2) is 10.2. The lowest BCUT2D eigenvalue weighted by atomic mass is 10.0. The van der Waals surface area contributed by atoms with Crippen molar-refractivity contribution in [2.45, 2.75) is 27.2 Å². The van der Waals surface area contributed by atoms with Gasteiger partial charge in [0.25, 0.3) is 0 Å². The summed E-state index contributed by atoms with van der Waals surface area (Å²) in [5, 5.41) is 3.18. The normalized spacial score (nSPS) is 12.3. The predicted molar refractivity (Wildman–Crippen MR) is 78.7 cm³/mol. The number of rotatable bonds is 10. The molecule has 0 amide bonds. The van der Waals surface area contributed by atoms with Crippen LogP contribution in [0.3, 0.4) is 0 Å². The van der Waals surface area contributed by atoms with E-state index in [9.17, 15) is 4.79 Å². The van der Waals surface area contributed by atoms with E-state index >= 15 is 0 Å². The van der Waals surface area contributed by atoms with Crippen molar-refractivity contribution in [1.29, 1.82) is 0 Å². The van der Waals surface area contributed by atoms with Crippen LogP contribution in [0, 0.1) is 5.92 Å². The third kappa shape index (κ3) is 7.53. The van der Waals surface area contributed by atoms with Crippen LogP contribution in [0.5, 0.6) is 0 Å². The molecule has 0 aromatic rings. The van der Waals surface area contributed by atoms with Crippen LogP contribution in [0.2, 0.25) is 0 Å². The fraction of sp³-hybridized carbons (Fsp3) is 0.692. The quantitative estimate of drug-likeness (QED) is 0.273. The number of allylic oxidation sites excluding steroid dienone is 2. The van der Waals surface area contributed by atoms with E-state index in [1.165, 1.54) is 0 Å². The summed E-state index contributed by atoms with van der Waals surface area (Å²) in [4.78, 5) is 11.1. The molecule has 0 fully saturated rings. The minimum atomic E-state index is 0.326. The Morgan fingerprint density at radius 1 is 1.44 bits per heavy atom. The summed E-state index contributed by atoms with van der Waals surface area (Å²) in [6.07, 6.45) is 1.63. The molecule has 0 aromatic carbocycles. The van der Waals surface area contributed by atoms with Gasteiger partial charge in [0, 0.05) is 13.1 Å². The van der Waals surface area contributed by atoms with Gasteiger partial charge < -0.3 is 15.8 Å². The van der Waals surface area contributed by atoms with E-state index in [-0.39, 0.29) is 0 Å². The predicted octanol–water partition coefficient (Wildman–Crippen LogP) is 1.44. The molecule has 104 valence electrons. The second-order valence-corrected chi connectivity index (χ2v) is 5.00. The van der Waals surface area contributed by atoms with E-state index in [2.05, 4.69) is 19.2 Å². The largest absolute Gasteiger partial charge is 0.382 e. The number of aldehydes is 1. The van der Waals surface area contributed by atoms with Crippen LogP contribution in [-0.2, 0) is 9.53 Å². The van der Waals surface area contributed by atoms with Crippen LogP contribution < -0.4 is 11.1 Å². The molecule has 0 saturated carbocycles. The van der Waals surface area contributed by atoms with Crippen molar-refractivity contribution in [2.24, 2.45) is 11.7 Å². The fourth-order valence-electron chi connectivity index (χ4n) is 1.66. The summed E-state index contributed by atoms with van der Waals surface area (Å²) >= 11 is 5.06. The average molecular weight is 272 g/mol. The van der Waals surface area contributed by atoms with Gasteiger partial charge in [-0.2, -0.15) is 0 Å². The van der Waals surface area contributed by atoms with Crippen LogP contribution >= 0.6 is 12.2 Å². The Morgan fingerprint density at radius 3 is 2.61 bits per heavy atom. The Morgan fingerprint density at radius 2 is 2.11 bits per heavy atom. The molecule has 0 aromatic heterocycles. The molecular formula is C13H24N2O2S. The monoisotopic (exact) mass is 272 g/mol. The van der Waals surface area contributed by atoms with Gasteiger partial charge in [0.05, 0.1) is 18.9 Å². The van der Waals surface area contributed by atoms with Crippen molar-refractivity contribution in [3.05, 3.63) is 11.3 Å². The number of hydrogen-bond donors (Lipinski definition) is 2. The van der Waals surface area contributed by atoms with E-state index in [1.807, 2.05) is 6.92 Å². The number of hydrogen-bond acceptors (Lipinski definition) is 5. The summed E-state index contributed by atoms with van der Waals surface area (Å²) in [7, 11) is 0. The molecule has 3 N–H and O–H groups in total. The highest BCUT2D eigenvalue weighted by Gasteiger charge is 2.09. The van der Waals surface area contributed by atoms with Crippen molar-refractivity contribution >= 4 is 23.4 Å². The fourth-order valence-corrected chi connectivity index (χ4v) is 1.90. The lowest BCUT2D eigenvalue weighted by Crippen LogP contribution is -2.26. The van der Waals surface area contributed by atoms with E-state index in [0.717, 1.165) is 17.7 Å². The van der Waals surface area contributed by atoms with Crippen LogP contribution in [0.1, 0.15) is 27.2 Å². The van der Waals surface area contributed by atoms with Crippen LogP contribution in [0.25, 0.3) is 0 Å². The van der Waals surface area contributed by atoms with Gasteiger partial charge in [-0.05, 0) is 24.8 Å². The number of ether oxygens (including phenoxy) is 1. The van der Waals surface area contributed by atoms with Crippen LogP contribution in [0.15, 0.2) is 11.3 Å². The Hall–Kier alpha value is -0.780. The van der Waals surface area contributed by atoms with Crippen molar-refractivity contribution < 1.29 is 9.53 Å². The Labute approximate surface area is 115 Å². The maximum Gasteiger partial charge on any atom is 0.162 e. The topological polar surface area (TPSA) is 64.3 Å². The molecule has 0 radical (unpaired) electrons. The molecule has 0 rings (SSSR count). The molecular weight excluding hydrogens is 248 g/mol. The van der Waals surface area contributed by atoms with E-state index in [0.29, 0.717) is 43.4 Å². The van der Waals surface area contributed by atoms with Gasteiger partial charge in [0.15, 0.2) is 6.29 Å². The standard InChI is InChI=1S/C13H24N2O2S/c1-10(2)8-11(3)13(12(18)9-16)15-5-7-17-6-4-14/h9-10,15H,4-8,14H2,1-3H3/b13-11-. The lowest BCUT2D eigenvalue weighted by molar-refractivity contribution is -0.102. The average Bonchev–Trinajstić information content (AvgIpc) is 2.31. The molecule has 4 nitrogen and oxygen atoms in total. The second-order valence-electron chi connectivity index (χ2n) is 4.56. The van der Waals surface area contributed by atoms with E-state index in [1.54, 1.807) is 0 Å². The van der Waals surface area contributed by atoms with Crippen molar-refractivity contribution in [3.8, 4) is 0 Å². The molecule has 0 aliphatic rings. The first-order valence-corrected chi connectivity index (χ1v) is 6.64. The minimum Gasteiger partial charge on any atom is -0.382 e. The molecule has 0 bridgehead atoms. The molecule has 0 aliphatic heterocycles. The Bertz CT molecular complexity index is 301. The zero-order valence-corrected chi connectivity index (χ0v) is 12.3. The Kier molecular flexibility index (Phi) is 9.73. The zero-order chi connectivity index (χ0) is 14.0. The van der Waals surface area contributed by atoms with Crippen molar-refractivity contribution in [2.75, 3.05) is 26.3 Å². The van der Waals surface area contributed by atoms with E-state index < -0.39 is 0 Å². The number of nitrogens with two attached hydrogens (primary N) is 1. The maximum absolute atomic E-state index is 10.8. The van der Waals surface area contributed by atoms with Crippen molar-refractivity contribution in [3.63, 3.8) is 0 Å². The van der Waals surface area contributed by atoms with Gasteiger partial charge in [-0.15, -0.1) is 0 Å². The highest BCUT2D eigenvalue weighted by Crippen LogP contribution is 2.13. The third-order valence-corrected chi connectivity index (χ3v) is 2.61. The highest BCUT2D eigenvalue weighted by atomic mass is 32.1. The SMILES string of the molecule is C/C(CC(C)C)=C(/NCCOCCN)C(=S)C=O. The van der Waals surface area contributed by atoms with Gasteiger partial charge in [-0.25, -0.2) is 0 Å². The van der Waals surface area contributed by atoms with Crippen molar-refractivity contribution in [1.82, 2.24) is 5.32 Å². The number of thiocarbonyl (C=S) groups is 1. The van der Waals surface area contributed by atoms with Crippen LogP contribution in [-0.4, -0.2) is 37.5 Å². The van der Waals surface area contributed by atoms with Gasteiger partial charge in [0.1, 0.15) is 4.86 Å². The zero-order valence-electron chi connectivity index (χ0n) is 11.5. The third-order valence-electron chi connectivity index (χ3n) is 2.31. The Balaban J connectivity index is 4.41. The number of carbonyl (C=O) groups excluding carboxylic acids is 1. The summed E-state index contributed by atoms with van der Waals surface area (Å²) in [6, 6.07) is 0. The molecule has 0 atom stereocenters. The smallest absolute Gasteiger partial charge is 0.162 e. The first kappa shape index (κ1) is 17.2. The molecule has 0 saturated heterocycles. The summed E-state index contributed by atoms with van der Waals surface area (Å²) in [6.45, 7) is 8.51. The summed E-state index contributed by atoms with van der Waals surface area (Å²) < 4.78 is 5.27. The molecule has 0 aliphatic carbocycles. The molecule has 0 unspecified atom stereocenters. The van der Waals surface area contributed by atoms with E-state index in [4.69, 9.17) is 22.7 Å². The van der Waals surface area contributed by atoms with Gasteiger partial charge >= 0.3 is 0 Å². The van der Waals surface area contributed by atoms with Crippen LogP contribution in [0.4, 0.5) is 0 Å². The molecule has 18 heavy (non-hydrogen) atoms. The number of carbonyl (C=O) groups is 1. The first-order chi connectivity index (χ1) is 8.52. The van der Waals surface area contributed by atoms with Gasteiger partial charge in [-0.1, -0.05) is 26.1 Å². The molecule has 5 heteroatoms. The summed E-state index contributed by atoms with van der Waals surface area (Å²) in [5.74, 6) is 0.532. The number of nitrogens with one attached hydrogen (secondary N) is 1. The van der Waals surface area contributed by atoms with Gasteiger partial charge in [0.2, 0.25) is 0 Å². The molecule has 0 spiro atoms. The first-order valence-electron chi connectivity index (χ1n) is 6.23. The molecule has 0 heterocycles.